The number of carboxylic acid groups (broad SMARTS) is 1. The molecule has 0 radical (unpaired) electrons. The summed E-state index contributed by atoms with van der Waals surface area (Å²) >= 11 is 0. The van der Waals surface area contributed by atoms with E-state index in [-0.39, 0.29) is 23.0 Å². The maximum Gasteiger partial charge on any atom is 0.303 e. The van der Waals surface area contributed by atoms with Gasteiger partial charge in [0.2, 0.25) is 0 Å². The lowest BCUT2D eigenvalue weighted by atomic mass is 9.50. The predicted octanol–water partition coefficient (Wildman–Crippen LogP) is 3.67. The molecule has 4 aliphatic rings. The molecule has 4 nitrogen and oxygen atoms in total. The molecule has 0 heterocycles. The Morgan fingerprint density at radius 3 is 2.77 bits per heavy atom. The number of aliphatic carboxylic acids is 1. The van der Waals surface area contributed by atoms with E-state index in [4.69, 9.17) is 5.11 Å². The van der Waals surface area contributed by atoms with Crippen molar-refractivity contribution in [1.29, 1.82) is 0 Å². The third kappa shape index (κ3) is 2.31. The highest BCUT2D eigenvalue weighted by Gasteiger charge is 2.61. The van der Waals surface area contributed by atoms with E-state index in [2.05, 4.69) is 32.1 Å². The van der Waals surface area contributed by atoms with E-state index in [0.717, 1.165) is 19.3 Å². The Balaban J connectivity index is 1.69. The van der Waals surface area contributed by atoms with Crippen LogP contribution in [0.1, 0.15) is 52.4 Å². The topological polar surface area (TPSA) is 74.6 Å². The van der Waals surface area contributed by atoms with Crippen molar-refractivity contribution in [3.63, 3.8) is 0 Å². The van der Waals surface area contributed by atoms with Gasteiger partial charge in [0.05, 0.1) is 5.60 Å². The molecule has 0 spiro atoms. The molecule has 0 aromatic rings. The molecule has 4 rings (SSSR count). The molecule has 4 aliphatic carbocycles. The molecule has 0 amide bonds. The zero-order chi connectivity index (χ0) is 18.7. The van der Waals surface area contributed by atoms with Crippen LogP contribution in [0.3, 0.4) is 0 Å². The van der Waals surface area contributed by atoms with Crippen LogP contribution in [0.2, 0.25) is 0 Å². The smallest absolute Gasteiger partial charge is 0.303 e. The molecule has 0 bridgehead atoms. The van der Waals surface area contributed by atoms with Crippen LogP contribution in [0.4, 0.5) is 0 Å². The number of carbonyl (C=O) groups is 2. The van der Waals surface area contributed by atoms with E-state index in [1.165, 1.54) is 5.57 Å². The first kappa shape index (κ1) is 17.7. The summed E-state index contributed by atoms with van der Waals surface area (Å²) in [7, 11) is 0. The molecular formula is C22H28O4. The zero-order valence-corrected chi connectivity index (χ0v) is 15.6. The summed E-state index contributed by atoms with van der Waals surface area (Å²) in [6.07, 6.45) is 13.9. The average Bonchev–Trinajstić information content (AvgIpc) is 2.86. The maximum atomic E-state index is 11.8. The molecule has 2 saturated carbocycles. The fourth-order valence-electron chi connectivity index (χ4n) is 6.40. The van der Waals surface area contributed by atoms with Crippen LogP contribution in [0.5, 0.6) is 0 Å². The normalized spacial score (nSPS) is 46.3. The van der Waals surface area contributed by atoms with Gasteiger partial charge in [-0.2, -0.15) is 0 Å². The minimum atomic E-state index is -0.938. The number of allylic oxidation sites excluding steroid dienone is 5. The highest BCUT2D eigenvalue weighted by atomic mass is 16.4. The van der Waals surface area contributed by atoms with E-state index < -0.39 is 11.6 Å². The Morgan fingerprint density at radius 2 is 2.04 bits per heavy atom. The summed E-state index contributed by atoms with van der Waals surface area (Å²) in [5.41, 5.74) is -0.183. The molecule has 0 aromatic heterocycles. The van der Waals surface area contributed by atoms with E-state index in [0.29, 0.717) is 30.6 Å². The lowest BCUT2D eigenvalue weighted by Crippen LogP contribution is -2.52. The van der Waals surface area contributed by atoms with Crippen molar-refractivity contribution < 1.29 is 19.8 Å². The monoisotopic (exact) mass is 356 g/mol. The Hall–Kier alpha value is -1.68. The second-order valence-electron chi connectivity index (χ2n) is 9.13. The van der Waals surface area contributed by atoms with Crippen LogP contribution in [0.25, 0.3) is 0 Å². The van der Waals surface area contributed by atoms with Crippen LogP contribution in [0, 0.1) is 28.6 Å². The molecule has 0 saturated heterocycles. The Kier molecular flexibility index (Phi) is 3.85. The molecule has 6 atom stereocenters. The second kappa shape index (κ2) is 5.66. The van der Waals surface area contributed by atoms with Crippen LogP contribution < -0.4 is 0 Å². The highest BCUT2D eigenvalue weighted by Crippen LogP contribution is 2.65. The zero-order valence-electron chi connectivity index (χ0n) is 15.6. The maximum absolute atomic E-state index is 11.8. The third-order valence-corrected chi connectivity index (χ3v) is 8.06. The van der Waals surface area contributed by atoms with Gasteiger partial charge >= 0.3 is 5.97 Å². The first-order chi connectivity index (χ1) is 12.2. The molecule has 4 heteroatoms. The van der Waals surface area contributed by atoms with Gasteiger partial charge in [0.25, 0.3) is 0 Å². The number of carboxylic acids is 1. The lowest BCUT2D eigenvalue weighted by Gasteiger charge is -2.55. The van der Waals surface area contributed by atoms with E-state index >= 15 is 0 Å². The first-order valence-electron chi connectivity index (χ1n) is 9.77. The van der Waals surface area contributed by atoms with Crippen molar-refractivity contribution in [2.24, 2.45) is 28.6 Å². The van der Waals surface area contributed by atoms with Gasteiger partial charge in [-0.15, -0.1) is 0 Å². The van der Waals surface area contributed by atoms with Gasteiger partial charge in [0.15, 0.2) is 5.78 Å². The number of fused-ring (bicyclic) bond motifs is 5. The SMILES string of the molecule is C[C@]12C=CC(=O)C=C1CC[C@@H]1[C@@H]2C=C[C@@]2(C)[C@H]1CC[C@]2(O)CCC(=O)O. The molecule has 2 fully saturated rings. The highest BCUT2D eigenvalue weighted by molar-refractivity contribution is 6.01. The second-order valence-corrected chi connectivity index (χ2v) is 9.13. The summed E-state index contributed by atoms with van der Waals surface area (Å²) in [4.78, 5) is 22.8. The van der Waals surface area contributed by atoms with E-state index in [1.54, 1.807) is 6.08 Å². The Morgan fingerprint density at radius 1 is 1.27 bits per heavy atom. The molecule has 140 valence electrons. The minimum Gasteiger partial charge on any atom is -0.481 e. The fraction of sp³-hybridized carbons (Fsp3) is 0.636. The number of carbonyl (C=O) groups excluding carboxylic acids is 1. The molecule has 26 heavy (non-hydrogen) atoms. The molecule has 0 aromatic carbocycles. The van der Waals surface area contributed by atoms with Gasteiger partial charge in [0.1, 0.15) is 0 Å². The Labute approximate surface area is 154 Å². The van der Waals surface area contributed by atoms with Gasteiger partial charge in [0, 0.05) is 17.3 Å². The summed E-state index contributed by atoms with van der Waals surface area (Å²) in [5, 5.41) is 20.4. The van der Waals surface area contributed by atoms with Gasteiger partial charge in [-0.05, 0) is 62.0 Å². The average molecular weight is 356 g/mol. The van der Waals surface area contributed by atoms with Gasteiger partial charge in [-0.1, -0.05) is 37.6 Å². The fourth-order valence-corrected chi connectivity index (χ4v) is 6.40. The first-order valence-corrected chi connectivity index (χ1v) is 9.77. The van der Waals surface area contributed by atoms with Crippen molar-refractivity contribution in [1.82, 2.24) is 0 Å². The standard InChI is InChI=1S/C22H28O4/c1-20-9-5-15(23)13-14(20)3-4-16-17(20)6-10-21(2)18(16)7-11-22(21,26)12-8-19(24)25/h5-6,9-10,13,16-18,26H,3-4,7-8,11-12H2,1-2H3,(H,24,25)/t16-,17+,18+,20+,21+,22+/m1/s1. The van der Waals surface area contributed by atoms with Crippen molar-refractivity contribution in [3.8, 4) is 0 Å². The molecular weight excluding hydrogens is 328 g/mol. The third-order valence-electron chi connectivity index (χ3n) is 8.06. The summed E-state index contributed by atoms with van der Waals surface area (Å²) < 4.78 is 0. The van der Waals surface area contributed by atoms with Crippen LogP contribution in [-0.2, 0) is 9.59 Å². The summed E-state index contributed by atoms with van der Waals surface area (Å²) in [5.74, 6) is 0.404. The quantitative estimate of drug-likeness (QED) is 0.757. The van der Waals surface area contributed by atoms with Gasteiger partial charge < -0.3 is 10.2 Å². The molecule has 0 aliphatic heterocycles. The molecule has 0 unspecified atom stereocenters. The Bertz CT molecular complexity index is 747. The number of ketones is 1. The van der Waals surface area contributed by atoms with Crippen molar-refractivity contribution in [3.05, 3.63) is 36.0 Å². The summed E-state index contributed by atoms with van der Waals surface area (Å²) in [6, 6.07) is 0. The number of rotatable bonds is 3. The van der Waals surface area contributed by atoms with E-state index in [1.807, 2.05) is 6.08 Å². The van der Waals surface area contributed by atoms with Crippen LogP contribution >= 0.6 is 0 Å². The van der Waals surface area contributed by atoms with Crippen LogP contribution in [0.15, 0.2) is 36.0 Å². The minimum absolute atomic E-state index is 0.0101. The van der Waals surface area contributed by atoms with E-state index in [9.17, 15) is 14.7 Å². The van der Waals surface area contributed by atoms with Crippen molar-refractivity contribution in [2.75, 3.05) is 0 Å². The van der Waals surface area contributed by atoms with Crippen molar-refractivity contribution >= 4 is 11.8 Å². The predicted molar refractivity (Wildman–Crippen MR) is 98.3 cm³/mol. The summed E-state index contributed by atoms with van der Waals surface area (Å²) in [6.45, 7) is 4.35. The number of hydrogen-bond donors (Lipinski definition) is 2. The van der Waals surface area contributed by atoms with Crippen LogP contribution in [-0.4, -0.2) is 27.6 Å². The largest absolute Gasteiger partial charge is 0.481 e. The van der Waals surface area contributed by atoms with Crippen molar-refractivity contribution in [2.45, 2.75) is 58.0 Å². The number of hydrogen-bond acceptors (Lipinski definition) is 3. The van der Waals surface area contributed by atoms with Gasteiger partial charge in [-0.25, -0.2) is 0 Å². The number of aliphatic hydroxyl groups is 1. The lowest BCUT2D eigenvalue weighted by molar-refractivity contribution is -0.140. The molecule has 2 N–H and O–H groups in total. The van der Waals surface area contributed by atoms with Gasteiger partial charge in [-0.3, -0.25) is 9.59 Å².